The number of benzene rings is 1. The molecule has 6 heteroatoms. The molecule has 21 heavy (non-hydrogen) atoms. The second-order valence-corrected chi connectivity index (χ2v) is 6.55. The van der Waals surface area contributed by atoms with Crippen molar-refractivity contribution in [2.45, 2.75) is 43.5 Å². The van der Waals surface area contributed by atoms with Crippen LogP contribution < -0.4 is 5.32 Å². The highest BCUT2D eigenvalue weighted by atomic mass is 32.2. The fourth-order valence-electron chi connectivity index (χ4n) is 1.66. The molecule has 0 spiro atoms. The third-order valence-corrected chi connectivity index (χ3v) is 3.38. The maximum absolute atomic E-state index is 11.5. The Morgan fingerprint density at radius 3 is 2.62 bits per heavy atom. The molecule has 5 nitrogen and oxygen atoms in total. The molecule has 0 aliphatic carbocycles. The normalized spacial score (nSPS) is 14.4. The standard InChI is InChI=1S/C15H23NO4S/c1-15(2,3)20-14(19)16-9-12(17)13(18)10-6-5-7-11(8-10)21-4/h5-8,12-13,17-18H,9H2,1-4H3,(H,16,19). The number of ether oxygens (including phenoxy) is 1. The van der Waals surface area contributed by atoms with Gasteiger partial charge in [0, 0.05) is 11.4 Å². The van der Waals surface area contributed by atoms with Crippen LogP contribution in [0.1, 0.15) is 32.4 Å². The Labute approximate surface area is 129 Å². The molecular formula is C15H23NO4S. The van der Waals surface area contributed by atoms with E-state index in [4.69, 9.17) is 4.74 Å². The summed E-state index contributed by atoms with van der Waals surface area (Å²) in [6, 6.07) is 7.29. The molecule has 0 bridgehead atoms. The summed E-state index contributed by atoms with van der Waals surface area (Å²) in [5.74, 6) is 0. The number of hydrogen-bond acceptors (Lipinski definition) is 5. The van der Waals surface area contributed by atoms with E-state index < -0.39 is 23.9 Å². The van der Waals surface area contributed by atoms with E-state index in [1.807, 2.05) is 24.5 Å². The van der Waals surface area contributed by atoms with E-state index in [9.17, 15) is 15.0 Å². The zero-order valence-electron chi connectivity index (χ0n) is 12.8. The number of aliphatic hydroxyl groups is 2. The number of carbonyl (C=O) groups is 1. The molecule has 1 aromatic carbocycles. The Bertz CT molecular complexity index is 473. The maximum Gasteiger partial charge on any atom is 0.407 e. The van der Waals surface area contributed by atoms with Crippen LogP contribution in [-0.2, 0) is 4.74 Å². The summed E-state index contributed by atoms with van der Waals surface area (Å²) in [6.45, 7) is 5.18. The lowest BCUT2D eigenvalue weighted by Crippen LogP contribution is -2.38. The van der Waals surface area contributed by atoms with E-state index in [1.165, 1.54) is 0 Å². The predicted molar refractivity (Wildman–Crippen MR) is 83.4 cm³/mol. The lowest BCUT2D eigenvalue weighted by molar-refractivity contribution is 0.0128. The van der Waals surface area contributed by atoms with Crippen molar-refractivity contribution in [1.82, 2.24) is 5.32 Å². The number of carbonyl (C=O) groups excluding carboxylic acids is 1. The van der Waals surface area contributed by atoms with Crippen LogP contribution in [0.25, 0.3) is 0 Å². The third kappa shape index (κ3) is 6.37. The Balaban J connectivity index is 2.54. The molecule has 0 heterocycles. The van der Waals surface area contributed by atoms with Gasteiger partial charge in [-0.05, 0) is 44.7 Å². The first-order valence-corrected chi connectivity index (χ1v) is 7.92. The summed E-state index contributed by atoms with van der Waals surface area (Å²) in [4.78, 5) is 12.5. The quantitative estimate of drug-likeness (QED) is 0.727. The van der Waals surface area contributed by atoms with Gasteiger partial charge in [0.25, 0.3) is 0 Å². The smallest absolute Gasteiger partial charge is 0.407 e. The molecule has 2 unspecified atom stereocenters. The summed E-state index contributed by atoms with van der Waals surface area (Å²) < 4.78 is 5.06. The zero-order valence-corrected chi connectivity index (χ0v) is 13.6. The maximum atomic E-state index is 11.5. The fourth-order valence-corrected chi connectivity index (χ4v) is 2.13. The van der Waals surface area contributed by atoms with Crippen LogP contribution in [0.2, 0.25) is 0 Å². The van der Waals surface area contributed by atoms with E-state index in [0.717, 1.165) is 4.90 Å². The van der Waals surface area contributed by atoms with Gasteiger partial charge in [-0.3, -0.25) is 0 Å². The van der Waals surface area contributed by atoms with Crippen LogP contribution in [0.3, 0.4) is 0 Å². The van der Waals surface area contributed by atoms with E-state index in [-0.39, 0.29) is 6.54 Å². The highest BCUT2D eigenvalue weighted by molar-refractivity contribution is 7.98. The van der Waals surface area contributed by atoms with Gasteiger partial charge in [-0.25, -0.2) is 4.79 Å². The van der Waals surface area contributed by atoms with Gasteiger partial charge in [-0.1, -0.05) is 12.1 Å². The Hall–Kier alpha value is -1.24. The first-order chi connectivity index (χ1) is 9.73. The molecule has 1 amide bonds. The van der Waals surface area contributed by atoms with Gasteiger partial charge in [0.15, 0.2) is 0 Å². The van der Waals surface area contributed by atoms with Crippen molar-refractivity contribution in [2.75, 3.05) is 12.8 Å². The summed E-state index contributed by atoms with van der Waals surface area (Å²) in [5.41, 5.74) is 0.0145. The zero-order chi connectivity index (χ0) is 16.0. The topological polar surface area (TPSA) is 78.8 Å². The van der Waals surface area contributed by atoms with Gasteiger partial charge in [-0.2, -0.15) is 0 Å². The monoisotopic (exact) mass is 313 g/mol. The number of amides is 1. The second kappa shape index (κ2) is 7.68. The molecule has 1 rings (SSSR count). The van der Waals surface area contributed by atoms with Crippen molar-refractivity contribution in [3.05, 3.63) is 29.8 Å². The van der Waals surface area contributed by atoms with Gasteiger partial charge in [0.05, 0.1) is 0 Å². The number of alkyl carbamates (subject to hydrolysis) is 1. The molecule has 2 atom stereocenters. The van der Waals surface area contributed by atoms with E-state index in [0.29, 0.717) is 5.56 Å². The van der Waals surface area contributed by atoms with E-state index in [2.05, 4.69) is 5.32 Å². The fraction of sp³-hybridized carbons (Fsp3) is 0.533. The van der Waals surface area contributed by atoms with E-state index in [1.54, 1.807) is 38.6 Å². The van der Waals surface area contributed by atoms with Crippen molar-refractivity contribution in [3.8, 4) is 0 Å². The Kier molecular flexibility index (Phi) is 6.51. The molecule has 0 saturated heterocycles. The van der Waals surface area contributed by atoms with Crippen LogP contribution in [-0.4, -0.2) is 40.8 Å². The minimum absolute atomic E-state index is 0.0838. The van der Waals surface area contributed by atoms with Crippen molar-refractivity contribution >= 4 is 17.9 Å². The number of nitrogens with one attached hydrogen (secondary N) is 1. The summed E-state index contributed by atoms with van der Waals surface area (Å²) in [6.07, 6.45) is -0.848. The molecule has 0 radical (unpaired) electrons. The number of thioether (sulfide) groups is 1. The van der Waals surface area contributed by atoms with Gasteiger partial charge < -0.3 is 20.3 Å². The van der Waals surface area contributed by atoms with Crippen LogP contribution >= 0.6 is 11.8 Å². The highest BCUT2D eigenvalue weighted by Crippen LogP contribution is 2.22. The lowest BCUT2D eigenvalue weighted by atomic mass is 10.0. The Morgan fingerprint density at radius 2 is 2.05 bits per heavy atom. The SMILES string of the molecule is CSc1cccc(C(O)C(O)CNC(=O)OC(C)(C)C)c1. The largest absolute Gasteiger partial charge is 0.444 e. The first-order valence-electron chi connectivity index (χ1n) is 6.70. The van der Waals surface area contributed by atoms with E-state index >= 15 is 0 Å². The summed E-state index contributed by atoms with van der Waals surface area (Å²) in [7, 11) is 0. The molecule has 3 N–H and O–H groups in total. The molecule has 0 aliphatic heterocycles. The minimum atomic E-state index is -1.10. The predicted octanol–water partition coefficient (Wildman–Crippen LogP) is 2.33. The minimum Gasteiger partial charge on any atom is -0.444 e. The average Bonchev–Trinajstić information content (AvgIpc) is 2.42. The van der Waals surface area contributed by atoms with Gasteiger partial charge in [-0.15, -0.1) is 11.8 Å². The molecule has 118 valence electrons. The molecule has 0 aromatic heterocycles. The lowest BCUT2D eigenvalue weighted by Gasteiger charge is -2.22. The van der Waals surface area contributed by atoms with Crippen molar-refractivity contribution in [1.29, 1.82) is 0 Å². The summed E-state index contributed by atoms with van der Waals surface area (Å²) >= 11 is 1.55. The number of rotatable bonds is 5. The Morgan fingerprint density at radius 1 is 1.38 bits per heavy atom. The first kappa shape index (κ1) is 17.8. The van der Waals surface area contributed by atoms with Crippen LogP contribution in [0, 0.1) is 0 Å². The van der Waals surface area contributed by atoms with Crippen molar-refractivity contribution in [3.63, 3.8) is 0 Å². The molecular weight excluding hydrogens is 290 g/mol. The van der Waals surface area contributed by atoms with Crippen molar-refractivity contribution < 1.29 is 19.7 Å². The van der Waals surface area contributed by atoms with Gasteiger partial charge in [0.2, 0.25) is 0 Å². The molecule has 0 saturated carbocycles. The average molecular weight is 313 g/mol. The van der Waals surface area contributed by atoms with Gasteiger partial charge in [0.1, 0.15) is 17.8 Å². The third-order valence-electron chi connectivity index (χ3n) is 2.65. The van der Waals surface area contributed by atoms with Crippen LogP contribution in [0.15, 0.2) is 29.2 Å². The van der Waals surface area contributed by atoms with Crippen LogP contribution in [0.4, 0.5) is 4.79 Å². The van der Waals surface area contributed by atoms with Crippen molar-refractivity contribution in [2.24, 2.45) is 0 Å². The van der Waals surface area contributed by atoms with Crippen LogP contribution in [0.5, 0.6) is 0 Å². The highest BCUT2D eigenvalue weighted by Gasteiger charge is 2.21. The molecule has 0 fully saturated rings. The summed E-state index contributed by atoms with van der Waals surface area (Å²) in [5, 5.41) is 22.5. The second-order valence-electron chi connectivity index (χ2n) is 5.67. The number of hydrogen-bond donors (Lipinski definition) is 3. The van der Waals surface area contributed by atoms with Gasteiger partial charge >= 0.3 is 6.09 Å². The molecule has 0 aliphatic rings. The number of aliphatic hydroxyl groups excluding tert-OH is 2. The molecule has 1 aromatic rings.